The van der Waals surface area contributed by atoms with E-state index < -0.39 is 6.10 Å². The van der Waals surface area contributed by atoms with Gasteiger partial charge in [0.25, 0.3) is 0 Å². The van der Waals surface area contributed by atoms with Gasteiger partial charge in [0.15, 0.2) is 0 Å². The molecule has 16 heavy (non-hydrogen) atoms. The maximum absolute atomic E-state index is 10.3. The first-order valence-electron chi connectivity index (χ1n) is 6.07. The molecule has 0 aliphatic heterocycles. The van der Waals surface area contributed by atoms with Gasteiger partial charge < -0.3 is 5.11 Å². The van der Waals surface area contributed by atoms with Gasteiger partial charge in [-0.1, -0.05) is 18.6 Å². The Kier molecular flexibility index (Phi) is 3.73. The van der Waals surface area contributed by atoms with Gasteiger partial charge in [-0.3, -0.25) is 4.98 Å². The maximum Gasteiger partial charge on any atom is 0.102 e. The zero-order chi connectivity index (χ0) is 11.4. The maximum atomic E-state index is 10.3. The van der Waals surface area contributed by atoms with E-state index in [0.717, 1.165) is 24.1 Å². The first-order valence-corrected chi connectivity index (χ1v) is 6.07. The highest BCUT2D eigenvalue weighted by molar-refractivity contribution is 5.28. The van der Waals surface area contributed by atoms with E-state index in [1.165, 1.54) is 24.8 Å². The number of rotatable bonds is 2. The average Bonchev–Trinajstić information content (AvgIpc) is 2.57. The summed E-state index contributed by atoms with van der Waals surface area (Å²) in [6.07, 6.45) is 9.38. The highest BCUT2D eigenvalue weighted by Crippen LogP contribution is 2.29. The molecule has 0 spiro atoms. The van der Waals surface area contributed by atoms with Crippen molar-refractivity contribution in [3.05, 3.63) is 41.2 Å². The van der Waals surface area contributed by atoms with Crippen LogP contribution < -0.4 is 0 Å². The van der Waals surface area contributed by atoms with Crippen LogP contribution in [0.1, 0.15) is 49.5 Å². The minimum Gasteiger partial charge on any atom is -0.384 e. The standard InChI is InChI=1S/C14H19NO/c1-11-13(9-6-10-15-11)14(16)12-7-4-2-3-5-8-12/h6-7,9-10,14,16H,2-5,8H2,1H3. The van der Waals surface area contributed by atoms with Crippen molar-refractivity contribution in [2.45, 2.75) is 45.1 Å². The number of hydrogen-bond donors (Lipinski definition) is 1. The van der Waals surface area contributed by atoms with Crippen LogP contribution in [0.5, 0.6) is 0 Å². The first kappa shape index (κ1) is 11.3. The van der Waals surface area contributed by atoms with Gasteiger partial charge in [-0.2, -0.15) is 0 Å². The van der Waals surface area contributed by atoms with Crippen LogP contribution in [-0.2, 0) is 0 Å². The number of aliphatic hydroxyl groups is 1. The summed E-state index contributed by atoms with van der Waals surface area (Å²) in [7, 11) is 0. The van der Waals surface area contributed by atoms with Crippen molar-refractivity contribution in [2.75, 3.05) is 0 Å². The van der Waals surface area contributed by atoms with Gasteiger partial charge in [-0.05, 0) is 44.2 Å². The Bertz CT molecular complexity index is 384. The fraction of sp³-hybridized carbons (Fsp3) is 0.500. The molecule has 1 aromatic heterocycles. The molecule has 0 saturated carbocycles. The summed E-state index contributed by atoms with van der Waals surface area (Å²) in [6, 6.07) is 3.86. The van der Waals surface area contributed by atoms with Crippen LogP contribution in [0.4, 0.5) is 0 Å². The second-order valence-corrected chi connectivity index (χ2v) is 4.46. The molecule has 1 heterocycles. The zero-order valence-electron chi connectivity index (χ0n) is 9.82. The van der Waals surface area contributed by atoms with Crippen molar-refractivity contribution in [1.82, 2.24) is 4.98 Å². The molecule has 1 aliphatic rings. The Morgan fingerprint density at radius 1 is 1.31 bits per heavy atom. The van der Waals surface area contributed by atoms with E-state index >= 15 is 0 Å². The predicted octanol–water partition coefficient (Wildman–Crippen LogP) is 3.31. The lowest BCUT2D eigenvalue weighted by Crippen LogP contribution is -2.04. The highest BCUT2D eigenvalue weighted by Gasteiger charge is 2.16. The summed E-state index contributed by atoms with van der Waals surface area (Å²) in [5, 5.41) is 10.3. The van der Waals surface area contributed by atoms with Crippen LogP contribution in [0.2, 0.25) is 0 Å². The number of nitrogens with zero attached hydrogens (tertiary/aromatic N) is 1. The Morgan fingerprint density at radius 2 is 2.19 bits per heavy atom. The molecule has 0 radical (unpaired) electrons. The Hall–Kier alpha value is -1.15. The fourth-order valence-corrected chi connectivity index (χ4v) is 2.27. The fourth-order valence-electron chi connectivity index (χ4n) is 2.27. The monoisotopic (exact) mass is 217 g/mol. The third kappa shape index (κ3) is 2.50. The number of allylic oxidation sites excluding steroid dienone is 1. The lowest BCUT2D eigenvalue weighted by molar-refractivity contribution is 0.209. The molecular formula is C14H19NO. The molecule has 1 aliphatic carbocycles. The van der Waals surface area contributed by atoms with Gasteiger partial charge in [0.1, 0.15) is 6.10 Å². The number of aryl methyl sites for hydroxylation is 1. The Labute approximate surface area is 97.0 Å². The van der Waals surface area contributed by atoms with Gasteiger partial charge >= 0.3 is 0 Å². The van der Waals surface area contributed by atoms with E-state index in [1.54, 1.807) is 6.20 Å². The summed E-state index contributed by atoms with van der Waals surface area (Å²) in [5.74, 6) is 0. The van der Waals surface area contributed by atoms with E-state index in [4.69, 9.17) is 0 Å². The molecule has 1 N–H and O–H groups in total. The van der Waals surface area contributed by atoms with Gasteiger partial charge in [0.05, 0.1) is 0 Å². The van der Waals surface area contributed by atoms with Crippen molar-refractivity contribution < 1.29 is 5.11 Å². The normalized spacial score (nSPS) is 18.8. The lowest BCUT2D eigenvalue weighted by Gasteiger charge is -2.16. The summed E-state index contributed by atoms with van der Waals surface area (Å²) in [5.41, 5.74) is 3.06. The molecule has 86 valence electrons. The highest BCUT2D eigenvalue weighted by atomic mass is 16.3. The number of aliphatic hydroxyl groups excluding tert-OH is 1. The molecule has 2 nitrogen and oxygen atoms in total. The number of aromatic nitrogens is 1. The molecule has 0 fully saturated rings. The van der Waals surface area contributed by atoms with E-state index in [0.29, 0.717) is 0 Å². The van der Waals surface area contributed by atoms with E-state index in [1.807, 2.05) is 19.1 Å². The summed E-state index contributed by atoms with van der Waals surface area (Å²) in [6.45, 7) is 1.95. The second kappa shape index (κ2) is 5.26. The molecule has 0 amide bonds. The van der Waals surface area contributed by atoms with E-state index in [9.17, 15) is 5.11 Å². The van der Waals surface area contributed by atoms with Crippen molar-refractivity contribution in [3.63, 3.8) is 0 Å². The van der Waals surface area contributed by atoms with Gasteiger partial charge in [-0.25, -0.2) is 0 Å². The molecule has 2 heteroatoms. The molecule has 1 atom stereocenters. The number of pyridine rings is 1. The molecule has 1 unspecified atom stereocenters. The SMILES string of the molecule is Cc1ncccc1C(O)C1=CCCCCC1. The van der Waals surface area contributed by atoms with Crippen molar-refractivity contribution >= 4 is 0 Å². The molecular weight excluding hydrogens is 198 g/mol. The third-order valence-corrected chi connectivity index (χ3v) is 3.27. The van der Waals surface area contributed by atoms with Crippen LogP contribution in [0.15, 0.2) is 30.0 Å². The molecule has 0 aromatic carbocycles. The summed E-state index contributed by atoms with van der Waals surface area (Å²) in [4.78, 5) is 4.23. The average molecular weight is 217 g/mol. The lowest BCUT2D eigenvalue weighted by atomic mass is 9.97. The smallest absolute Gasteiger partial charge is 0.102 e. The zero-order valence-corrected chi connectivity index (χ0v) is 9.82. The molecule has 0 bridgehead atoms. The summed E-state index contributed by atoms with van der Waals surface area (Å²) >= 11 is 0. The minimum atomic E-state index is -0.452. The second-order valence-electron chi connectivity index (χ2n) is 4.46. The van der Waals surface area contributed by atoms with Crippen molar-refractivity contribution in [2.24, 2.45) is 0 Å². The topological polar surface area (TPSA) is 33.1 Å². The van der Waals surface area contributed by atoms with Crippen LogP contribution in [0.25, 0.3) is 0 Å². The molecule has 1 aromatic rings. The molecule has 2 rings (SSSR count). The Morgan fingerprint density at radius 3 is 3.00 bits per heavy atom. The number of hydrogen-bond acceptors (Lipinski definition) is 2. The van der Waals surface area contributed by atoms with E-state index in [2.05, 4.69) is 11.1 Å². The van der Waals surface area contributed by atoms with Crippen LogP contribution in [0, 0.1) is 6.92 Å². The predicted molar refractivity (Wildman–Crippen MR) is 65.1 cm³/mol. The van der Waals surface area contributed by atoms with Gasteiger partial charge in [0, 0.05) is 17.5 Å². The van der Waals surface area contributed by atoms with Crippen LogP contribution >= 0.6 is 0 Å². The first-order chi connectivity index (χ1) is 7.79. The van der Waals surface area contributed by atoms with Crippen LogP contribution in [-0.4, -0.2) is 10.1 Å². The quantitative estimate of drug-likeness (QED) is 0.771. The largest absolute Gasteiger partial charge is 0.384 e. The summed E-state index contributed by atoms with van der Waals surface area (Å²) < 4.78 is 0. The Balaban J connectivity index is 2.21. The molecule has 0 saturated heterocycles. The van der Waals surface area contributed by atoms with Crippen molar-refractivity contribution in [1.29, 1.82) is 0 Å². The van der Waals surface area contributed by atoms with Crippen LogP contribution in [0.3, 0.4) is 0 Å². The van der Waals surface area contributed by atoms with Gasteiger partial charge in [0.2, 0.25) is 0 Å². The third-order valence-electron chi connectivity index (χ3n) is 3.27. The van der Waals surface area contributed by atoms with E-state index in [-0.39, 0.29) is 0 Å². The van der Waals surface area contributed by atoms with Gasteiger partial charge in [-0.15, -0.1) is 0 Å². The minimum absolute atomic E-state index is 0.452. The van der Waals surface area contributed by atoms with Crippen molar-refractivity contribution in [3.8, 4) is 0 Å².